The van der Waals surface area contributed by atoms with Crippen LogP contribution in [0.4, 0.5) is 4.39 Å². The molecule has 6 nitrogen and oxygen atoms in total. The average Bonchev–Trinajstić information content (AvgIpc) is 2.63. The largest absolute Gasteiger partial charge is 0.507 e. The minimum Gasteiger partial charge on any atom is -0.507 e. The van der Waals surface area contributed by atoms with Crippen LogP contribution in [0.1, 0.15) is 15.9 Å². The molecule has 2 aromatic rings. The third-order valence-electron chi connectivity index (χ3n) is 4.42. The predicted octanol–water partition coefficient (Wildman–Crippen LogP) is 2.75. The predicted molar refractivity (Wildman–Crippen MR) is 102 cm³/mol. The Morgan fingerprint density at radius 3 is 2.41 bits per heavy atom. The van der Waals surface area contributed by atoms with E-state index in [0.29, 0.717) is 10.0 Å². The number of hydrogen-bond donors (Lipinski definition) is 1. The molecule has 1 saturated heterocycles. The van der Waals surface area contributed by atoms with Crippen LogP contribution in [0.5, 0.6) is 5.75 Å². The number of benzene rings is 2. The molecule has 0 bridgehead atoms. The zero-order valence-corrected chi connectivity index (χ0v) is 16.9. The van der Waals surface area contributed by atoms with Gasteiger partial charge in [0.25, 0.3) is 5.91 Å². The molecule has 144 valence electrons. The highest BCUT2D eigenvalue weighted by atomic mass is 79.9. The van der Waals surface area contributed by atoms with E-state index in [1.807, 2.05) is 0 Å². The Labute approximate surface area is 165 Å². The Hall–Kier alpha value is -1.97. The molecule has 1 aliphatic heterocycles. The molecule has 1 amide bonds. The van der Waals surface area contributed by atoms with Crippen molar-refractivity contribution in [3.05, 3.63) is 57.8 Å². The highest BCUT2D eigenvalue weighted by Gasteiger charge is 2.32. The second-order valence-corrected chi connectivity index (χ2v) is 9.11. The van der Waals surface area contributed by atoms with Crippen LogP contribution in [0.3, 0.4) is 0 Å². The summed E-state index contributed by atoms with van der Waals surface area (Å²) in [6.45, 7) is 2.15. The molecule has 1 fully saturated rings. The smallest absolute Gasteiger partial charge is 0.256 e. The van der Waals surface area contributed by atoms with Crippen LogP contribution in [0, 0.1) is 12.7 Å². The van der Waals surface area contributed by atoms with Gasteiger partial charge in [-0.2, -0.15) is 4.31 Å². The summed E-state index contributed by atoms with van der Waals surface area (Å²) in [5.41, 5.74) is 0.664. The summed E-state index contributed by atoms with van der Waals surface area (Å²) in [6.07, 6.45) is 0. The van der Waals surface area contributed by atoms with Gasteiger partial charge in [-0.3, -0.25) is 4.79 Å². The lowest BCUT2D eigenvalue weighted by molar-refractivity contribution is 0.0693. The van der Waals surface area contributed by atoms with Crippen LogP contribution >= 0.6 is 15.9 Å². The fourth-order valence-corrected chi connectivity index (χ4v) is 4.85. The molecule has 2 aromatic carbocycles. The van der Waals surface area contributed by atoms with Crippen LogP contribution in [0.25, 0.3) is 0 Å². The van der Waals surface area contributed by atoms with Gasteiger partial charge in [-0.25, -0.2) is 12.8 Å². The number of rotatable bonds is 3. The van der Waals surface area contributed by atoms with Crippen molar-refractivity contribution in [2.75, 3.05) is 26.2 Å². The molecular weight excluding hydrogens is 439 g/mol. The Kier molecular flexibility index (Phi) is 5.55. The van der Waals surface area contributed by atoms with Crippen molar-refractivity contribution in [1.29, 1.82) is 0 Å². The highest BCUT2D eigenvalue weighted by Crippen LogP contribution is 2.27. The summed E-state index contributed by atoms with van der Waals surface area (Å²) >= 11 is 3.15. The van der Waals surface area contributed by atoms with E-state index in [2.05, 4.69) is 15.9 Å². The average molecular weight is 457 g/mol. The lowest BCUT2D eigenvalue weighted by atomic mass is 10.1. The number of aromatic hydroxyl groups is 1. The van der Waals surface area contributed by atoms with E-state index in [-0.39, 0.29) is 42.4 Å². The molecule has 0 aliphatic carbocycles. The molecule has 3 rings (SSSR count). The summed E-state index contributed by atoms with van der Waals surface area (Å²) in [4.78, 5) is 13.8. The Bertz CT molecular complexity index is 989. The van der Waals surface area contributed by atoms with Gasteiger partial charge in [0.1, 0.15) is 16.5 Å². The molecule has 1 N–H and O–H groups in total. The zero-order chi connectivity index (χ0) is 19.8. The van der Waals surface area contributed by atoms with Crippen LogP contribution in [0.15, 0.2) is 45.8 Å². The Morgan fingerprint density at radius 2 is 1.78 bits per heavy atom. The van der Waals surface area contributed by atoms with Crippen molar-refractivity contribution >= 4 is 31.9 Å². The number of carbonyl (C=O) groups excluding carboxylic acids is 1. The molecule has 0 radical (unpaired) electrons. The lowest BCUT2D eigenvalue weighted by Crippen LogP contribution is -2.50. The van der Waals surface area contributed by atoms with E-state index in [1.54, 1.807) is 19.1 Å². The first-order valence-corrected chi connectivity index (χ1v) is 10.5. The van der Waals surface area contributed by atoms with Gasteiger partial charge in [-0.15, -0.1) is 0 Å². The molecule has 9 heteroatoms. The second kappa shape index (κ2) is 7.57. The van der Waals surface area contributed by atoms with E-state index >= 15 is 0 Å². The van der Waals surface area contributed by atoms with Crippen molar-refractivity contribution in [2.24, 2.45) is 0 Å². The van der Waals surface area contributed by atoms with Crippen molar-refractivity contribution < 1.29 is 22.7 Å². The molecule has 1 aliphatic rings. The van der Waals surface area contributed by atoms with Gasteiger partial charge in [0, 0.05) is 30.7 Å². The van der Waals surface area contributed by atoms with E-state index in [1.165, 1.54) is 33.5 Å². The maximum atomic E-state index is 14.0. The Morgan fingerprint density at radius 1 is 1.11 bits per heavy atom. The molecule has 0 aromatic heterocycles. The zero-order valence-electron chi connectivity index (χ0n) is 14.5. The number of piperazine rings is 1. The molecule has 0 atom stereocenters. The summed E-state index contributed by atoms with van der Waals surface area (Å²) in [5.74, 6) is -1.42. The molecule has 0 spiro atoms. The van der Waals surface area contributed by atoms with Gasteiger partial charge in [-0.05, 0) is 42.8 Å². The highest BCUT2D eigenvalue weighted by molar-refractivity contribution is 9.10. The fourth-order valence-electron chi connectivity index (χ4n) is 2.93. The minimum atomic E-state index is -3.88. The van der Waals surface area contributed by atoms with Crippen LogP contribution in [-0.4, -0.2) is 54.8 Å². The van der Waals surface area contributed by atoms with Gasteiger partial charge < -0.3 is 10.0 Å². The maximum Gasteiger partial charge on any atom is 0.256 e. The van der Waals surface area contributed by atoms with E-state index in [9.17, 15) is 22.7 Å². The monoisotopic (exact) mass is 456 g/mol. The molecule has 0 saturated carbocycles. The third-order valence-corrected chi connectivity index (χ3v) is 6.84. The molecular formula is C18H18BrFN2O4S. The number of carbonyl (C=O) groups is 1. The summed E-state index contributed by atoms with van der Waals surface area (Å²) < 4.78 is 41.4. The number of halogens is 2. The van der Waals surface area contributed by atoms with Gasteiger partial charge in [-0.1, -0.05) is 22.0 Å². The van der Waals surface area contributed by atoms with Crippen molar-refractivity contribution in [3.63, 3.8) is 0 Å². The van der Waals surface area contributed by atoms with Gasteiger partial charge in [0.05, 0.1) is 5.56 Å². The summed E-state index contributed by atoms with van der Waals surface area (Å²) in [6, 6.07) is 8.58. The molecule has 27 heavy (non-hydrogen) atoms. The number of nitrogens with zero attached hydrogens (tertiary/aromatic N) is 2. The quantitative estimate of drug-likeness (QED) is 0.769. The van der Waals surface area contributed by atoms with E-state index < -0.39 is 21.7 Å². The first kappa shape index (κ1) is 19.8. The number of sulfonamides is 1. The number of hydrogen-bond acceptors (Lipinski definition) is 4. The normalized spacial score (nSPS) is 15.7. The van der Waals surface area contributed by atoms with Crippen LogP contribution < -0.4 is 0 Å². The van der Waals surface area contributed by atoms with Crippen molar-refractivity contribution in [3.8, 4) is 5.75 Å². The molecule has 1 heterocycles. The van der Waals surface area contributed by atoms with Gasteiger partial charge in [0.15, 0.2) is 0 Å². The van der Waals surface area contributed by atoms with Crippen LogP contribution in [-0.2, 0) is 10.0 Å². The summed E-state index contributed by atoms with van der Waals surface area (Å²) in [5, 5.41) is 9.93. The lowest BCUT2D eigenvalue weighted by Gasteiger charge is -2.34. The molecule has 0 unspecified atom stereocenters. The standard InChI is InChI=1S/C18H18BrFN2O4S/c1-12-2-5-16(23)17(10-12)27(25,26)22-8-6-21(7-9-22)18(24)14-4-3-13(19)11-15(14)20/h2-5,10-11,23H,6-9H2,1H3. The van der Waals surface area contributed by atoms with Crippen molar-refractivity contribution in [2.45, 2.75) is 11.8 Å². The Balaban J connectivity index is 1.75. The van der Waals surface area contributed by atoms with Gasteiger partial charge >= 0.3 is 0 Å². The number of phenolic OH excluding ortho intramolecular Hbond substituents is 1. The van der Waals surface area contributed by atoms with Gasteiger partial charge in [0.2, 0.25) is 10.0 Å². The topological polar surface area (TPSA) is 77.9 Å². The van der Waals surface area contributed by atoms with Crippen molar-refractivity contribution in [1.82, 2.24) is 9.21 Å². The maximum absolute atomic E-state index is 14.0. The third kappa shape index (κ3) is 3.99. The van der Waals surface area contributed by atoms with E-state index in [4.69, 9.17) is 0 Å². The summed E-state index contributed by atoms with van der Waals surface area (Å²) in [7, 11) is -3.88. The number of phenols is 1. The van der Waals surface area contributed by atoms with Crippen LogP contribution in [0.2, 0.25) is 0 Å². The number of amides is 1. The fraction of sp³-hybridized carbons (Fsp3) is 0.278. The van der Waals surface area contributed by atoms with E-state index in [0.717, 1.165) is 0 Å². The second-order valence-electron chi connectivity index (χ2n) is 6.29. The first-order valence-electron chi connectivity index (χ1n) is 8.24. The number of aryl methyl sites for hydroxylation is 1. The first-order chi connectivity index (χ1) is 12.7. The SMILES string of the molecule is Cc1ccc(O)c(S(=O)(=O)N2CCN(C(=O)c3ccc(Br)cc3F)CC2)c1. The minimum absolute atomic E-state index is 0.0502.